The van der Waals surface area contributed by atoms with Gasteiger partial charge in [0, 0.05) is 17.3 Å². The molecule has 0 saturated carbocycles. The van der Waals surface area contributed by atoms with Crippen molar-refractivity contribution >= 4 is 34.0 Å². The van der Waals surface area contributed by atoms with E-state index in [9.17, 15) is 0 Å². The molecule has 0 aliphatic carbocycles. The van der Waals surface area contributed by atoms with Gasteiger partial charge in [0.1, 0.15) is 5.82 Å². The highest BCUT2D eigenvalue weighted by Gasteiger charge is 2.02. The fourth-order valence-corrected chi connectivity index (χ4v) is 2.38. The number of fused-ring (bicyclic) bond motifs is 1. The van der Waals surface area contributed by atoms with Crippen LogP contribution in [0.1, 0.15) is 0 Å². The van der Waals surface area contributed by atoms with Gasteiger partial charge in [0.25, 0.3) is 0 Å². The Hall–Kier alpha value is -3.47. The summed E-state index contributed by atoms with van der Waals surface area (Å²) in [5.74, 6) is 1.23. The molecule has 0 fully saturated rings. The number of nitrogens with one attached hydrogen (secondary N) is 2. The van der Waals surface area contributed by atoms with Crippen molar-refractivity contribution in [1.29, 1.82) is 0 Å². The Balaban J connectivity index is 1.56. The second-order valence-corrected chi connectivity index (χ2v) is 5.22. The predicted molar refractivity (Wildman–Crippen MR) is 95.6 cm³/mol. The van der Waals surface area contributed by atoms with E-state index in [2.05, 4.69) is 31.7 Å². The third kappa shape index (κ3) is 3.15. The first kappa shape index (κ1) is 14.1. The molecule has 0 spiro atoms. The summed E-state index contributed by atoms with van der Waals surface area (Å²) in [6.07, 6.45) is 3.51. The van der Waals surface area contributed by atoms with E-state index in [4.69, 9.17) is 0 Å². The molecule has 5 heteroatoms. The SMILES string of the molecule is [c]1ccc(Nc2nccc(Nc3cnc4ccccc4c3)n2)cc1. The van der Waals surface area contributed by atoms with Crippen LogP contribution >= 0.6 is 0 Å². The van der Waals surface area contributed by atoms with E-state index in [0.29, 0.717) is 11.8 Å². The molecule has 2 N–H and O–H groups in total. The zero-order valence-corrected chi connectivity index (χ0v) is 12.8. The van der Waals surface area contributed by atoms with E-state index >= 15 is 0 Å². The molecule has 2 aromatic carbocycles. The Bertz CT molecular complexity index is 969. The van der Waals surface area contributed by atoms with E-state index < -0.39 is 0 Å². The van der Waals surface area contributed by atoms with Crippen LogP contribution in [0.3, 0.4) is 0 Å². The minimum absolute atomic E-state index is 0.528. The molecule has 4 rings (SSSR count). The number of pyridine rings is 1. The van der Waals surface area contributed by atoms with Crippen LogP contribution in [0, 0.1) is 6.07 Å². The minimum atomic E-state index is 0.528. The highest BCUT2D eigenvalue weighted by molar-refractivity contribution is 5.82. The summed E-state index contributed by atoms with van der Waals surface area (Å²) in [6.45, 7) is 0. The van der Waals surface area contributed by atoms with Gasteiger partial charge in [-0.2, -0.15) is 4.98 Å². The summed E-state index contributed by atoms with van der Waals surface area (Å²) >= 11 is 0. The van der Waals surface area contributed by atoms with Gasteiger partial charge in [-0.15, -0.1) is 0 Å². The van der Waals surface area contributed by atoms with Crippen molar-refractivity contribution in [2.45, 2.75) is 0 Å². The number of hydrogen-bond acceptors (Lipinski definition) is 5. The Morgan fingerprint density at radius 2 is 1.71 bits per heavy atom. The lowest BCUT2D eigenvalue weighted by molar-refractivity contribution is 1.16. The maximum Gasteiger partial charge on any atom is 0.229 e. The van der Waals surface area contributed by atoms with Gasteiger partial charge in [-0.3, -0.25) is 4.98 Å². The lowest BCUT2D eigenvalue weighted by atomic mass is 10.2. The van der Waals surface area contributed by atoms with Gasteiger partial charge in [-0.25, -0.2) is 4.98 Å². The van der Waals surface area contributed by atoms with Crippen molar-refractivity contribution in [2.24, 2.45) is 0 Å². The smallest absolute Gasteiger partial charge is 0.229 e. The Labute approximate surface area is 139 Å². The van der Waals surface area contributed by atoms with Gasteiger partial charge in [-0.05, 0) is 36.4 Å². The monoisotopic (exact) mass is 312 g/mol. The number of nitrogens with zero attached hydrogens (tertiary/aromatic N) is 3. The molecule has 0 saturated heterocycles. The highest BCUT2D eigenvalue weighted by atomic mass is 15.1. The standard InChI is InChI=1S/C19H14N5/c1-2-7-15(8-3-1)23-19-20-11-10-18(24-19)22-16-12-14-6-4-5-9-17(14)21-13-16/h2-13H,(H2,20,22,23,24). The maximum atomic E-state index is 4.47. The summed E-state index contributed by atoms with van der Waals surface area (Å²) in [5.41, 5.74) is 2.76. The quantitative estimate of drug-likeness (QED) is 0.588. The van der Waals surface area contributed by atoms with E-state index in [1.54, 1.807) is 12.4 Å². The molecule has 115 valence electrons. The molecular weight excluding hydrogens is 298 g/mol. The summed E-state index contributed by atoms with van der Waals surface area (Å²) < 4.78 is 0. The summed E-state index contributed by atoms with van der Waals surface area (Å²) in [4.78, 5) is 13.2. The number of rotatable bonds is 4. The number of para-hydroxylation sites is 1. The lowest BCUT2D eigenvalue weighted by Crippen LogP contribution is -2.00. The van der Waals surface area contributed by atoms with Crippen LogP contribution in [0.15, 0.2) is 73.1 Å². The summed E-state index contributed by atoms with van der Waals surface area (Å²) in [6, 6.07) is 22.3. The zero-order valence-electron chi connectivity index (χ0n) is 12.8. The fourth-order valence-electron chi connectivity index (χ4n) is 2.38. The second-order valence-electron chi connectivity index (χ2n) is 5.22. The molecule has 0 atom stereocenters. The molecule has 5 nitrogen and oxygen atoms in total. The third-order valence-electron chi connectivity index (χ3n) is 3.49. The zero-order chi connectivity index (χ0) is 16.2. The average molecular weight is 312 g/mol. The van der Waals surface area contributed by atoms with Crippen molar-refractivity contribution in [3.8, 4) is 0 Å². The Morgan fingerprint density at radius 1 is 0.833 bits per heavy atom. The number of aromatic nitrogens is 3. The van der Waals surface area contributed by atoms with Gasteiger partial charge < -0.3 is 10.6 Å². The van der Waals surface area contributed by atoms with Crippen LogP contribution in [0.25, 0.3) is 10.9 Å². The van der Waals surface area contributed by atoms with E-state index in [-0.39, 0.29) is 0 Å². The highest BCUT2D eigenvalue weighted by Crippen LogP contribution is 2.20. The van der Waals surface area contributed by atoms with E-state index in [1.165, 1.54) is 0 Å². The van der Waals surface area contributed by atoms with Crippen molar-refractivity contribution in [3.63, 3.8) is 0 Å². The number of anilines is 4. The lowest BCUT2D eigenvalue weighted by Gasteiger charge is -2.08. The normalized spacial score (nSPS) is 10.5. The summed E-state index contributed by atoms with van der Waals surface area (Å²) in [7, 11) is 0. The minimum Gasteiger partial charge on any atom is -0.339 e. The first-order chi connectivity index (χ1) is 11.9. The Kier molecular flexibility index (Phi) is 3.73. The molecule has 4 aromatic rings. The Morgan fingerprint density at radius 3 is 2.62 bits per heavy atom. The molecule has 2 heterocycles. The van der Waals surface area contributed by atoms with E-state index in [0.717, 1.165) is 22.3 Å². The second kappa shape index (κ2) is 6.34. The van der Waals surface area contributed by atoms with Crippen LogP contribution in [-0.2, 0) is 0 Å². The first-order valence-corrected chi connectivity index (χ1v) is 7.55. The number of hydrogen-bond donors (Lipinski definition) is 2. The van der Waals surface area contributed by atoms with Gasteiger partial charge in [0.2, 0.25) is 5.95 Å². The molecule has 0 aliphatic rings. The third-order valence-corrected chi connectivity index (χ3v) is 3.49. The van der Waals surface area contributed by atoms with Crippen molar-refractivity contribution in [2.75, 3.05) is 10.6 Å². The largest absolute Gasteiger partial charge is 0.339 e. The first-order valence-electron chi connectivity index (χ1n) is 7.55. The molecule has 0 unspecified atom stereocenters. The average Bonchev–Trinajstić information content (AvgIpc) is 2.63. The molecule has 0 aliphatic heterocycles. The maximum absolute atomic E-state index is 4.47. The fraction of sp³-hybridized carbons (Fsp3) is 0. The molecular formula is C19H14N5. The number of benzene rings is 2. The van der Waals surface area contributed by atoms with Crippen molar-refractivity contribution in [1.82, 2.24) is 15.0 Å². The van der Waals surface area contributed by atoms with Gasteiger partial charge in [0.05, 0.1) is 17.4 Å². The van der Waals surface area contributed by atoms with Crippen LogP contribution in [0.5, 0.6) is 0 Å². The van der Waals surface area contributed by atoms with E-state index in [1.807, 2.05) is 60.7 Å². The van der Waals surface area contributed by atoms with Gasteiger partial charge in [0.15, 0.2) is 0 Å². The van der Waals surface area contributed by atoms with Crippen LogP contribution < -0.4 is 10.6 Å². The van der Waals surface area contributed by atoms with Crippen LogP contribution in [0.4, 0.5) is 23.1 Å². The van der Waals surface area contributed by atoms with Crippen LogP contribution in [-0.4, -0.2) is 15.0 Å². The molecule has 0 bridgehead atoms. The summed E-state index contributed by atoms with van der Waals surface area (Å²) in [5, 5.41) is 7.50. The topological polar surface area (TPSA) is 62.7 Å². The van der Waals surface area contributed by atoms with Crippen molar-refractivity contribution in [3.05, 3.63) is 79.1 Å². The van der Waals surface area contributed by atoms with Crippen molar-refractivity contribution < 1.29 is 0 Å². The van der Waals surface area contributed by atoms with Gasteiger partial charge >= 0.3 is 0 Å². The van der Waals surface area contributed by atoms with Crippen LogP contribution in [0.2, 0.25) is 0 Å². The van der Waals surface area contributed by atoms with Gasteiger partial charge in [-0.1, -0.05) is 30.3 Å². The molecule has 1 radical (unpaired) electrons. The molecule has 2 aromatic heterocycles. The molecule has 24 heavy (non-hydrogen) atoms. The predicted octanol–water partition coefficient (Wildman–Crippen LogP) is 4.31. The molecule has 0 amide bonds.